The van der Waals surface area contributed by atoms with Crippen LogP contribution in [-0.4, -0.2) is 37.2 Å². The lowest BCUT2D eigenvalue weighted by Crippen LogP contribution is -2.30. The Bertz CT molecular complexity index is 984. The van der Waals surface area contributed by atoms with Crippen molar-refractivity contribution in [1.82, 2.24) is 0 Å². The molecule has 0 aromatic heterocycles. The molecule has 338 valence electrons. The van der Waals surface area contributed by atoms with Gasteiger partial charge in [-0.25, -0.2) is 0 Å². The first kappa shape index (κ1) is 55.6. The number of carbonyl (C=O) groups is 3. The summed E-state index contributed by atoms with van der Waals surface area (Å²) in [6.07, 6.45) is 54.1. The van der Waals surface area contributed by atoms with Gasteiger partial charge in [-0.05, 0) is 38.5 Å². The number of carbonyl (C=O) groups excluding carboxylic acids is 3. The molecule has 0 aliphatic carbocycles. The topological polar surface area (TPSA) is 78.9 Å². The first-order valence-electron chi connectivity index (χ1n) is 25.0. The van der Waals surface area contributed by atoms with E-state index < -0.39 is 6.10 Å². The number of rotatable bonds is 45. The minimum atomic E-state index is -0.770. The Balaban J connectivity index is 4.35. The number of hydrogen-bond donors (Lipinski definition) is 0. The highest BCUT2D eigenvalue weighted by Gasteiger charge is 2.19. The fraction of sp³-hybridized carbons (Fsp3) is 0.827. The average Bonchev–Trinajstić information content (AvgIpc) is 3.22. The summed E-state index contributed by atoms with van der Waals surface area (Å²) in [5.41, 5.74) is 0. The van der Waals surface area contributed by atoms with E-state index in [1.807, 2.05) is 0 Å². The maximum absolute atomic E-state index is 12.8. The van der Waals surface area contributed by atoms with E-state index in [1.165, 1.54) is 148 Å². The second-order valence-electron chi connectivity index (χ2n) is 16.8. The third kappa shape index (κ3) is 44.7. The molecule has 0 amide bonds. The zero-order valence-electron chi connectivity index (χ0n) is 38.6. The van der Waals surface area contributed by atoms with Crippen LogP contribution in [0.4, 0.5) is 0 Å². The smallest absolute Gasteiger partial charge is 0.306 e. The standard InChI is InChI=1S/C52H94O6/c1-4-7-10-13-16-19-22-24-26-28-30-33-36-39-42-45-51(54)57-48-49(47-56-50(53)44-41-38-35-32-29-21-18-15-12-9-6-3)58-52(55)46-43-40-37-34-31-27-25-23-20-17-14-11-8-5-2/h7,10,13,16,19,22,49H,4-6,8-9,11-12,14-15,17-18,20-21,23-48H2,1-3H3/b10-7-,16-13-,22-19-. The van der Waals surface area contributed by atoms with Crippen LogP contribution in [0.15, 0.2) is 36.5 Å². The highest BCUT2D eigenvalue weighted by atomic mass is 16.6. The number of ether oxygens (including phenoxy) is 3. The molecule has 0 aliphatic heterocycles. The molecule has 0 aromatic carbocycles. The zero-order valence-corrected chi connectivity index (χ0v) is 38.6. The Kier molecular flexibility index (Phi) is 45.4. The normalized spacial score (nSPS) is 12.3. The van der Waals surface area contributed by atoms with Crippen LogP contribution < -0.4 is 0 Å². The van der Waals surface area contributed by atoms with Crippen molar-refractivity contribution in [2.75, 3.05) is 13.2 Å². The summed E-state index contributed by atoms with van der Waals surface area (Å²) in [4.78, 5) is 37.9. The molecule has 0 rings (SSSR count). The molecule has 0 fully saturated rings. The molecular formula is C52H94O6. The molecule has 0 heterocycles. The van der Waals surface area contributed by atoms with Crippen molar-refractivity contribution in [2.45, 2.75) is 264 Å². The first-order valence-corrected chi connectivity index (χ1v) is 25.0. The van der Waals surface area contributed by atoms with Crippen molar-refractivity contribution in [3.05, 3.63) is 36.5 Å². The highest BCUT2D eigenvalue weighted by Crippen LogP contribution is 2.16. The van der Waals surface area contributed by atoms with E-state index in [4.69, 9.17) is 14.2 Å². The minimum Gasteiger partial charge on any atom is -0.462 e. The third-order valence-corrected chi connectivity index (χ3v) is 11.0. The molecule has 0 N–H and O–H groups in total. The van der Waals surface area contributed by atoms with Crippen molar-refractivity contribution >= 4 is 17.9 Å². The molecule has 1 unspecified atom stereocenters. The Morgan fingerprint density at radius 1 is 0.362 bits per heavy atom. The van der Waals surface area contributed by atoms with Crippen molar-refractivity contribution in [2.24, 2.45) is 0 Å². The van der Waals surface area contributed by atoms with Gasteiger partial charge in [-0.15, -0.1) is 0 Å². The van der Waals surface area contributed by atoms with Crippen molar-refractivity contribution in [3.8, 4) is 0 Å². The predicted octanol–water partition coefficient (Wildman–Crippen LogP) is 16.1. The Hall–Kier alpha value is -2.37. The fourth-order valence-corrected chi connectivity index (χ4v) is 7.21. The van der Waals surface area contributed by atoms with Gasteiger partial charge in [0, 0.05) is 19.3 Å². The lowest BCUT2D eigenvalue weighted by atomic mass is 10.0. The molecule has 6 heteroatoms. The summed E-state index contributed by atoms with van der Waals surface area (Å²) >= 11 is 0. The summed E-state index contributed by atoms with van der Waals surface area (Å²) in [5.74, 6) is -0.875. The Morgan fingerprint density at radius 2 is 0.672 bits per heavy atom. The van der Waals surface area contributed by atoms with Gasteiger partial charge in [0.25, 0.3) is 0 Å². The molecule has 0 aliphatic rings. The van der Waals surface area contributed by atoms with Crippen LogP contribution in [0.2, 0.25) is 0 Å². The maximum Gasteiger partial charge on any atom is 0.306 e. The zero-order chi connectivity index (χ0) is 42.3. The monoisotopic (exact) mass is 815 g/mol. The molecule has 0 spiro atoms. The summed E-state index contributed by atoms with van der Waals surface area (Å²) in [7, 11) is 0. The van der Waals surface area contributed by atoms with Gasteiger partial charge in [0.15, 0.2) is 6.10 Å². The summed E-state index contributed by atoms with van der Waals surface area (Å²) < 4.78 is 16.8. The average molecular weight is 815 g/mol. The molecular weight excluding hydrogens is 721 g/mol. The number of unbranched alkanes of at least 4 members (excludes halogenated alkanes) is 30. The maximum atomic E-state index is 12.8. The van der Waals surface area contributed by atoms with Gasteiger partial charge in [-0.3, -0.25) is 14.4 Å². The Labute approximate surface area is 359 Å². The first-order chi connectivity index (χ1) is 28.5. The van der Waals surface area contributed by atoms with E-state index in [0.29, 0.717) is 19.3 Å². The van der Waals surface area contributed by atoms with Crippen LogP contribution in [0.25, 0.3) is 0 Å². The number of hydrogen-bond acceptors (Lipinski definition) is 6. The van der Waals surface area contributed by atoms with Crippen LogP contribution in [0.3, 0.4) is 0 Å². The molecule has 0 saturated carbocycles. The van der Waals surface area contributed by atoms with Gasteiger partial charge < -0.3 is 14.2 Å². The van der Waals surface area contributed by atoms with Gasteiger partial charge >= 0.3 is 17.9 Å². The van der Waals surface area contributed by atoms with Crippen LogP contribution in [0, 0.1) is 0 Å². The van der Waals surface area contributed by atoms with Gasteiger partial charge in [-0.1, -0.05) is 237 Å². The molecule has 58 heavy (non-hydrogen) atoms. The lowest BCUT2D eigenvalue weighted by molar-refractivity contribution is -0.167. The molecule has 6 nitrogen and oxygen atoms in total. The van der Waals surface area contributed by atoms with Gasteiger partial charge in [-0.2, -0.15) is 0 Å². The van der Waals surface area contributed by atoms with E-state index in [-0.39, 0.29) is 31.1 Å². The number of esters is 3. The Morgan fingerprint density at radius 3 is 1.03 bits per heavy atom. The van der Waals surface area contributed by atoms with E-state index in [1.54, 1.807) is 0 Å². The van der Waals surface area contributed by atoms with E-state index >= 15 is 0 Å². The minimum absolute atomic E-state index is 0.0720. The third-order valence-electron chi connectivity index (χ3n) is 11.0. The quantitative estimate of drug-likeness (QED) is 0.0264. The SMILES string of the molecule is CC\C=C/C=C\C=C/CCCCCCCCCC(=O)OCC(COC(=O)CCCCCCCCCCCCC)OC(=O)CCCCCCCCCCCCCCCC. The van der Waals surface area contributed by atoms with E-state index in [9.17, 15) is 14.4 Å². The number of allylic oxidation sites excluding steroid dienone is 6. The summed E-state index contributed by atoms with van der Waals surface area (Å²) in [5, 5.41) is 0. The van der Waals surface area contributed by atoms with Crippen LogP contribution >= 0.6 is 0 Å². The second-order valence-corrected chi connectivity index (χ2v) is 16.8. The molecule has 0 bridgehead atoms. The summed E-state index contributed by atoms with van der Waals surface area (Å²) in [6.45, 7) is 6.51. The van der Waals surface area contributed by atoms with E-state index in [2.05, 4.69) is 57.2 Å². The summed E-state index contributed by atoms with van der Waals surface area (Å²) in [6, 6.07) is 0. The molecule has 1 atom stereocenters. The molecule has 0 radical (unpaired) electrons. The van der Waals surface area contributed by atoms with Crippen LogP contribution in [0.1, 0.15) is 258 Å². The second kappa shape index (κ2) is 47.3. The van der Waals surface area contributed by atoms with Crippen LogP contribution in [0.5, 0.6) is 0 Å². The van der Waals surface area contributed by atoms with Crippen molar-refractivity contribution in [3.63, 3.8) is 0 Å². The fourth-order valence-electron chi connectivity index (χ4n) is 7.21. The molecule has 0 saturated heterocycles. The van der Waals surface area contributed by atoms with E-state index in [0.717, 1.165) is 70.6 Å². The van der Waals surface area contributed by atoms with Gasteiger partial charge in [0.05, 0.1) is 0 Å². The van der Waals surface area contributed by atoms with Crippen molar-refractivity contribution < 1.29 is 28.6 Å². The lowest BCUT2D eigenvalue weighted by Gasteiger charge is -2.18. The predicted molar refractivity (Wildman–Crippen MR) is 247 cm³/mol. The van der Waals surface area contributed by atoms with Crippen LogP contribution in [-0.2, 0) is 28.6 Å². The van der Waals surface area contributed by atoms with Crippen molar-refractivity contribution in [1.29, 1.82) is 0 Å². The highest BCUT2D eigenvalue weighted by molar-refractivity contribution is 5.71. The largest absolute Gasteiger partial charge is 0.462 e. The van der Waals surface area contributed by atoms with Gasteiger partial charge in [0.1, 0.15) is 13.2 Å². The van der Waals surface area contributed by atoms with Gasteiger partial charge in [0.2, 0.25) is 0 Å². The molecule has 0 aromatic rings.